The Morgan fingerprint density at radius 3 is 0.900 bits per heavy atom. The van der Waals surface area contributed by atoms with E-state index < -0.39 is 0 Å². The molecular weight excluding hydrogens is 605 g/mol. The fourth-order valence-electron chi connectivity index (χ4n) is 8.77. The first-order chi connectivity index (χ1) is 24.8. The zero-order valence-corrected chi connectivity index (χ0v) is 27.2. The summed E-state index contributed by atoms with van der Waals surface area (Å²) in [4.78, 5) is 11.7. The SMILES string of the molecule is c1ccc2c(c1)-c1ccccc1C2/C1=N/c2cc3ccccc3cc2/C(C2c3ccccc3-c3ccccc32)=N\c2cc3ccccc3cc21. The average Bonchev–Trinajstić information content (AvgIpc) is 3.68. The van der Waals surface area contributed by atoms with Gasteiger partial charge in [0.15, 0.2) is 0 Å². The van der Waals surface area contributed by atoms with Gasteiger partial charge in [0.25, 0.3) is 0 Å². The molecule has 2 aliphatic carbocycles. The Balaban J connectivity index is 1.27. The van der Waals surface area contributed by atoms with Crippen molar-refractivity contribution in [1.29, 1.82) is 0 Å². The number of benzene rings is 8. The highest BCUT2D eigenvalue weighted by Gasteiger charge is 2.37. The van der Waals surface area contributed by atoms with E-state index in [1.165, 1.54) is 66.1 Å². The molecule has 0 bridgehead atoms. The van der Waals surface area contributed by atoms with Crippen LogP contribution in [-0.4, -0.2) is 11.4 Å². The first-order valence-electron chi connectivity index (χ1n) is 17.4. The minimum absolute atomic E-state index is 0.0358. The first-order valence-corrected chi connectivity index (χ1v) is 17.4. The molecule has 0 unspecified atom stereocenters. The number of hydrogen-bond donors (Lipinski definition) is 0. The summed E-state index contributed by atoms with van der Waals surface area (Å²) in [7, 11) is 0. The molecule has 0 radical (unpaired) electrons. The van der Waals surface area contributed by atoms with Crippen LogP contribution in [0, 0.1) is 0 Å². The molecule has 0 spiro atoms. The Labute approximate surface area is 290 Å². The van der Waals surface area contributed by atoms with Gasteiger partial charge in [-0.2, -0.15) is 0 Å². The second kappa shape index (κ2) is 10.6. The van der Waals surface area contributed by atoms with E-state index in [-0.39, 0.29) is 11.8 Å². The van der Waals surface area contributed by atoms with Crippen molar-refractivity contribution in [2.24, 2.45) is 9.98 Å². The van der Waals surface area contributed by atoms with Crippen LogP contribution in [0.4, 0.5) is 11.4 Å². The van der Waals surface area contributed by atoms with Crippen LogP contribution in [0.3, 0.4) is 0 Å². The summed E-state index contributed by atoms with van der Waals surface area (Å²) in [6.45, 7) is 0. The van der Waals surface area contributed by atoms with Crippen molar-refractivity contribution < 1.29 is 0 Å². The van der Waals surface area contributed by atoms with Crippen LogP contribution in [-0.2, 0) is 0 Å². The average molecular weight is 635 g/mol. The smallest absolute Gasteiger partial charge is 0.0731 e. The summed E-state index contributed by atoms with van der Waals surface area (Å²) < 4.78 is 0. The lowest BCUT2D eigenvalue weighted by Gasteiger charge is -2.25. The third-order valence-corrected chi connectivity index (χ3v) is 11.0. The molecule has 11 rings (SSSR count). The van der Waals surface area contributed by atoms with Crippen molar-refractivity contribution >= 4 is 44.3 Å². The first kappa shape index (κ1) is 27.6. The van der Waals surface area contributed by atoms with Gasteiger partial charge in [0.05, 0.1) is 34.6 Å². The van der Waals surface area contributed by atoms with Gasteiger partial charge in [-0.25, -0.2) is 0 Å². The standard InChI is InChI=1S/C48H30N2/c1-3-15-31-27-43-41(25-29(31)13-1)47(45-37-21-9-5-17-33(37)34-18-6-10-22-38(34)45)50-44-28-32-16-4-2-14-30(32)26-42(44)48(49-43)46-39-23-11-7-19-35(39)36-20-8-12-24-40(36)46/h1-28,45-46H/b47-41?,48-42?,49-43?,49-48+,50-44?,50-47+. The van der Waals surface area contributed by atoms with E-state index in [0.717, 1.165) is 33.9 Å². The van der Waals surface area contributed by atoms with Gasteiger partial charge >= 0.3 is 0 Å². The topological polar surface area (TPSA) is 24.7 Å². The van der Waals surface area contributed by atoms with Gasteiger partial charge in [-0.05, 0) is 90.3 Å². The molecule has 0 N–H and O–H groups in total. The molecule has 3 aliphatic rings. The van der Waals surface area contributed by atoms with Gasteiger partial charge in [-0.3, -0.25) is 9.98 Å². The molecule has 0 amide bonds. The van der Waals surface area contributed by atoms with Crippen LogP contribution in [0.15, 0.2) is 180 Å². The predicted molar refractivity (Wildman–Crippen MR) is 208 cm³/mol. The fraction of sp³-hybridized carbons (Fsp3) is 0.0417. The maximum atomic E-state index is 5.85. The van der Waals surface area contributed by atoms with E-state index in [9.17, 15) is 0 Å². The summed E-state index contributed by atoms with van der Waals surface area (Å²) in [5.74, 6) is -0.0716. The van der Waals surface area contributed by atoms with Gasteiger partial charge in [-0.1, -0.05) is 146 Å². The number of rotatable bonds is 2. The lowest BCUT2D eigenvalue weighted by molar-refractivity contribution is 1.10. The Morgan fingerprint density at radius 2 is 0.560 bits per heavy atom. The highest BCUT2D eigenvalue weighted by Crippen LogP contribution is 2.51. The quantitative estimate of drug-likeness (QED) is 0.181. The van der Waals surface area contributed by atoms with Gasteiger partial charge in [0, 0.05) is 11.1 Å². The Bertz CT molecular complexity index is 2500. The van der Waals surface area contributed by atoms with Crippen molar-refractivity contribution in [1.82, 2.24) is 0 Å². The van der Waals surface area contributed by atoms with Crippen LogP contribution in [0.5, 0.6) is 0 Å². The van der Waals surface area contributed by atoms with E-state index in [0.29, 0.717) is 0 Å². The maximum absolute atomic E-state index is 5.85. The third-order valence-electron chi connectivity index (χ3n) is 11.0. The van der Waals surface area contributed by atoms with Gasteiger partial charge < -0.3 is 0 Å². The molecule has 8 aromatic carbocycles. The highest BCUT2D eigenvalue weighted by atomic mass is 14.8. The second-order valence-electron chi connectivity index (χ2n) is 13.6. The van der Waals surface area contributed by atoms with Gasteiger partial charge in [-0.15, -0.1) is 0 Å². The number of fused-ring (bicyclic) bond motifs is 10. The van der Waals surface area contributed by atoms with Crippen molar-refractivity contribution in [2.75, 3.05) is 0 Å². The molecule has 8 aromatic rings. The molecule has 0 atom stereocenters. The molecule has 1 heterocycles. The molecule has 0 aromatic heterocycles. The summed E-state index contributed by atoms with van der Waals surface area (Å²) in [6.07, 6.45) is 0. The lowest BCUT2D eigenvalue weighted by Crippen LogP contribution is -2.18. The molecule has 2 nitrogen and oxygen atoms in total. The maximum Gasteiger partial charge on any atom is 0.0731 e. The summed E-state index contributed by atoms with van der Waals surface area (Å²) in [6, 6.07) is 61.9. The third kappa shape index (κ3) is 3.96. The van der Waals surface area contributed by atoms with Crippen LogP contribution < -0.4 is 0 Å². The molecular formula is C48H30N2. The van der Waals surface area contributed by atoms with Crippen LogP contribution in [0.1, 0.15) is 45.2 Å². The summed E-state index contributed by atoms with van der Waals surface area (Å²) in [5.41, 5.74) is 16.4. The summed E-state index contributed by atoms with van der Waals surface area (Å²) >= 11 is 0. The monoisotopic (exact) mass is 634 g/mol. The molecule has 2 heteroatoms. The minimum Gasteiger partial charge on any atom is -0.251 e. The Morgan fingerprint density at radius 1 is 0.280 bits per heavy atom. The molecule has 232 valence electrons. The van der Waals surface area contributed by atoms with Gasteiger partial charge in [0.2, 0.25) is 0 Å². The van der Waals surface area contributed by atoms with E-state index in [4.69, 9.17) is 9.98 Å². The molecule has 1 aliphatic heterocycles. The van der Waals surface area contributed by atoms with Crippen molar-refractivity contribution in [3.8, 4) is 22.3 Å². The zero-order chi connectivity index (χ0) is 32.8. The van der Waals surface area contributed by atoms with E-state index in [1.54, 1.807) is 0 Å². The van der Waals surface area contributed by atoms with Crippen molar-refractivity contribution in [3.05, 3.63) is 203 Å². The minimum atomic E-state index is -0.0358. The van der Waals surface area contributed by atoms with Crippen LogP contribution >= 0.6 is 0 Å². The van der Waals surface area contributed by atoms with Crippen molar-refractivity contribution in [3.63, 3.8) is 0 Å². The lowest BCUT2D eigenvalue weighted by atomic mass is 9.83. The Hall–Kier alpha value is -6.38. The zero-order valence-electron chi connectivity index (χ0n) is 27.2. The fourth-order valence-corrected chi connectivity index (χ4v) is 8.77. The largest absolute Gasteiger partial charge is 0.251 e. The predicted octanol–water partition coefficient (Wildman–Crippen LogP) is 12.2. The molecule has 0 saturated heterocycles. The highest BCUT2D eigenvalue weighted by molar-refractivity contribution is 6.22. The van der Waals surface area contributed by atoms with Gasteiger partial charge in [0.1, 0.15) is 0 Å². The summed E-state index contributed by atoms with van der Waals surface area (Å²) in [5, 5.41) is 4.72. The molecule has 0 saturated carbocycles. The van der Waals surface area contributed by atoms with Crippen LogP contribution in [0.2, 0.25) is 0 Å². The Kier molecular flexibility index (Phi) is 5.82. The van der Waals surface area contributed by atoms with Crippen LogP contribution in [0.25, 0.3) is 43.8 Å². The molecule has 50 heavy (non-hydrogen) atoms. The number of nitrogens with zero attached hydrogens (tertiary/aromatic N) is 2. The number of aliphatic imine (C=N–C) groups is 2. The van der Waals surface area contributed by atoms with E-state index >= 15 is 0 Å². The normalized spacial score (nSPS) is 16.6. The second-order valence-corrected chi connectivity index (χ2v) is 13.6. The number of hydrogen-bond acceptors (Lipinski definition) is 2. The van der Waals surface area contributed by atoms with E-state index in [1.807, 2.05) is 0 Å². The molecule has 0 fully saturated rings. The van der Waals surface area contributed by atoms with Crippen molar-refractivity contribution in [2.45, 2.75) is 11.8 Å². The van der Waals surface area contributed by atoms with E-state index in [2.05, 4.69) is 170 Å².